The highest BCUT2D eigenvalue weighted by molar-refractivity contribution is 5.85. The molecule has 1 aliphatic heterocycles. The molecule has 0 aromatic heterocycles. The fourth-order valence-corrected chi connectivity index (χ4v) is 2.57. The Balaban J connectivity index is 0.00000180. The molecule has 6 heteroatoms. The molecule has 1 saturated heterocycles. The summed E-state index contributed by atoms with van der Waals surface area (Å²) in [7, 11) is 1.56. The summed E-state index contributed by atoms with van der Waals surface area (Å²) in [6.45, 7) is 6.02. The van der Waals surface area contributed by atoms with Crippen LogP contribution in [-0.2, 0) is 0 Å². The molecule has 1 aromatic carbocycles. The van der Waals surface area contributed by atoms with Gasteiger partial charge in [0.2, 0.25) is 0 Å². The zero-order valence-corrected chi connectivity index (χ0v) is 13.5. The van der Waals surface area contributed by atoms with Gasteiger partial charge in [0.1, 0.15) is 11.6 Å². The van der Waals surface area contributed by atoms with Crippen LogP contribution < -0.4 is 10.1 Å². The van der Waals surface area contributed by atoms with Crippen LogP contribution in [-0.4, -0.2) is 38.2 Å². The Morgan fingerprint density at radius 1 is 1.30 bits per heavy atom. The van der Waals surface area contributed by atoms with E-state index in [2.05, 4.69) is 17.1 Å². The van der Waals surface area contributed by atoms with Crippen molar-refractivity contribution in [2.45, 2.75) is 19.4 Å². The minimum Gasteiger partial charge on any atom is -0.497 e. The summed E-state index contributed by atoms with van der Waals surface area (Å²) < 4.78 is 19.2. The number of benzene rings is 1. The van der Waals surface area contributed by atoms with Crippen LogP contribution in [0.15, 0.2) is 18.2 Å². The second-order valence-corrected chi connectivity index (χ2v) is 4.60. The van der Waals surface area contributed by atoms with E-state index in [1.54, 1.807) is 7.11 Å². The molecule has 0 bridgehead atoms. The topological polar surface area (TPSA) is 24.5 Å². The van der Waals surface area contributed by atoms with Gasteiger partial charge < -0.3 is 10.1 Å². The van der Waals surface area contributed by atoms with Crippen LogP contribution >= 0.6 is 24.8 Å². The van der Waals surface area contributed by atoms with Crippen molar-refractivity contribution in [3.8, 4) is 5.75 Å². The fraction of sp³-hybridized carbons (Fsp3) is 0.571. The molecule has 20 heavy (non-hydrogen) atoms. The van der Waals surface area contributed by atoms with Crippen LogP contribution in [0.5, 0.6) is 5.75 Å². The number of nitrogens with one attached hydrogen (secondary N) is 1. The zero-order chi connectivity index (χ0) is 13.0. The van der Waals surface area contributed by atoms with Crippen LogP contribution in [0.25, 0.3) is 0 Å². The molecule has 1 heterocycles. The van der Waals surface area contributed by atoms with E-state index in [0.29, 0.717) is 5.75 Å². The van der Waals surface area contributed by atoms with Crippen molar-refractivity contribution in [3.63, 3.8) is 0 Å². The smallest absolute Gasteiger partial charge is 0.131 e. The molecule has 1 N–H and O–H groups in total. The maximum absolute atomic E-state index is 14.1. The highest BCUT2D eigenvalue weighted by Crippen LogP contribution is 2.28. The van der Waals surface area contributed by atoms with Crippen molar-refractivity contribution < 1.29 is 9.13 Å². The lowest BCUT2D eigenvalue weighted by atomic mass is 10.0. The van der Waals surface area contributed by atoms with Gasteiger partial charge in [-0.25, -0.2) is 4.39 Å². The lowest BCUT2D eigenvalue weighted by Gasteiger charge is -2.34. The standard InChI is InChI=1S/C14H21FN2O.2ClH/c1-3-14(17-8-6-16-7-9-17)12-5-4-11(18-2)10-13(12)15;;/h4-5,10,14,16H,3,6-9H2,1-2H3;2*1H/t14-;;/m0../s1. The number of hydrogen-bond acceptors (Lipinski definition) is 3. The van der Waals surface area contributed by atoms with Crippen LogP contribution in [0.3, 0.4) is 0 Å². The third-order valence-corrected chi connectivity index (χ3v) is 3.55. The Hall–Kier alpha value is -0.550. The lowest BCUT2D eigenvalue weighted by molar-refractivity contribution is 0.166. The molecule has 0 unspecified atom stereocenters. The van der Waals surface area contributed by atoms with Gasteiger partial charge >= 0.3 is 0 Å². The summed E-state index contributed by atoms with van der Waals surface area (Å²) in [5, 5.41) is 3.32. The van der Waals surface area contributed by atoms with Crippen LogP contribution in [0.4, 0.5) is 4.39 Å². The molecule has 1 atom stereocenters. The van der Waals surface area contributed by atoms with Crippen LogP contribution in [0.2, 0.25) is 0 Å². The summed E-state index contributed by atoms with van der Waals surface area (Å²) in [5.74, 6) is 0.408. The number of rotatable bonds is 4. The van der Waals surface area contributed by atoms with Crippen molar-refractivity contribution >= 4 is 24.8 Å². The van der Waals surface area contributed by atoms with Gasteiger partial charge in [0.25, 0.3) is 0 Å². The number of ether oxygens (including phenoxy) is 1. The molecule has 1 fully saturated rings. The normalized spacial score (nSPS) is 16.8. The van der Waals surface area contributed by atoms with E-state index in [-0.39, 0.29) is 36.7 Å². The molecular weight excluding hydrogens is 302 g/mol. The maximum atomic E-state index is 14.1. The van der Waals surface area contributed by atoms with E-state index >= 15 is 0 Å². The van der Waals surface area contributed by atoms with E-state index in [1.165, 1.54) is 6.07 Å². The third-order valence-electron chi connectivity index (χ3n) is 3.55. The molecule has 1 aliphatic rings. The first-order valence-corrected chi connectivity index (χ1v) is 6.54. The van der Waals surface area contributed by atoms with Crippen LogP contribution in [0, 0.1) is 5.82 Å². The first-order valence-electron chi connectivity index (χ1n) is 6.54. The van der Waals surface area contributed by atoms with E-state index in [1.807, 2.05) is 12.1 Å². The van der Waals surface area contributed by atoms with Crippen molar-refractivity contribution in [1.29, 1.82) is 0 Å². The monoisotopic (exact) mass is 324 g/mol. The zero-order valence-electron chi connectivity index (χ0n) is 11.9. The minimum absolute atomic E-state index is 0. The van der Waals surface area contributed by atoms with Crippen molar-refractivity contribution in [3.05, 3.63) is 29.6 Å². The van der Waals surface area contributed by atoms with Gasteiger partial charge in [-0.3, -0.25) is 4.90 Å². The Morgan fingerprint density at radius 3 is 2.45 bits per heavy atom. The Morgan fingerprint density at radius 2 is 1.95 bits per heavy atom. The number of methoxy groups -OCH3 is 1. The molecule has 0 spiro atoms. The number of hydrogen-bond donors (Lipinski definition) is 1. The third kappa shape index (κ3) is 4.48. The maximum Gasteiger partial charge on any atom is 0.131 e. The molecular formula is C14H23Cl2FN2O. The Kier molecular flexibility index (Phi) is 9.14. The summed E-state index contributed by atoms with van der Waals surface area (Å²) in [6, 6.07) is 5.33. The molecule has 2 rings (SSSR count). The number of nitrogens with zero attached hydrogens (tertiary/aromatic N) is 1. The van der Waals surface area contributed by atoms with Crippen LogP contribution in [0.1, 0.15) is 24.9 Å². The molecule has 0 aliphatic carbocycles. The van der Waals surface area contributed by atoms with Gasteiger partial charge in [-0.1, -0.05) is 13.0 Å². The Labute approximate surface area is 132 Å². The minimum atomic E-state index is -0.167. The molecule has 0 saturated carbocycles. The van der Waals surface area contributed by atoms with Gasteiger partial charge in [-0.15, -0.1) is 24.8 Å². The number of piperazine rings is 1. The number of halogens is 3. The first-order chi connectivity index (χ1) is 8.76. The second-order valence-electron chi connectivity index (χ2n) is 4.60. The summed E-state index contributed by atoms with van der Waals surface area (Å²) in [4.78, 5) is 2.35. The Bertz CT molecular complexity index is 401. The van der Waals surface area contributed by atoms with Gasteiger partial charge in [0.15, 0.2) is 0 Å². The molecule has 0 radical (unpaired) electrons. The predicted octanol–water partition coefficient (Wildman–Crippen LogP) is 3.03. The fourth-order valence-electron chi connectivity index (χ4n) is 2.57. The molecule has 1 aromatic rings. The van der Waals surface area contributed by atoms with E-state index in [0.717, 1.165) is 38.2 Å². The summed E-state index contributed by atoms with van der Waals surface area (Å²) in [6.07, 6.45) is 0.920. The average Bonchev–Trinajstić information content (AvgIpc) is 2.42. The molecule has 3 nitrogen and oxygen atoms in total. The molecule has 116 valence electrons. The lowest BCUT2D eigenvalue weighted by Crippen LogP contribution is -2.45. The van der Waals surface area contributed by atoms with E-state index in [4.69, 9.17) is 4.74 Å². The predicted molar refractivity (Wildman–Crippen MR) is 84.9 cm³/mol. The summed E-state index contributed by atoms with van der Waals surface area (Å²) in [5.41, 5.74) is 0.778. The quantitative estimate of drug-likeness (QED) is 0.921. The second kappa shape index (κ2) is 9.40. The van der Waals surface area contributed by atoms with Gasteiger partial charge in [-0.05, 0) is 12.5 Å². The first kappa shape index (κ1) is 19.4. The largest absolute Gasteiger partial charge is 0.497 e. The van der Waals surface area contributed by atoms with Crippen molar-refractivity contribution in [2.75, 3.05) is 33.3 Å². The highest BCUT2D eigenvalue weighted by atomic mass is 35.5. The highest BCUT2D eigenvalue weighted by Gasteiger charge is 2.23. The van der Waals surface area contributed by atoms with Gasteiger partial charge in [-0.2, -0.15) is 0 Å². The van der Waals surface area contributed by atoms with E-state index in [9.17, 15) is 4.39 Å². The van der Waals surface area contributed by atoms with Crippen molar-refractivity contribution in [1.82, 2.24) is 10.2 Å². The molecule has 0 amide bonds. The van der Waals surface area contributed by atoms with Gasteiger partial charge in [0.05, 0.1) is 7.11 Å². The SMILES string of the molecule is CC[C@@H](c1ccc(OC)cc1F)N1CCNCC1.Cl.Cl. The summed E-state index contributed by atoms with van der Waals surface area (Å²) >= 11 is 0. The van der Waals surface area contributed by atoms with Crippen molar-refractivity contribution in [2.24, 2.45) is 0 Å². The van der Waals surface area contributed by atoms with Gasteiger partial charge in [0, 0.05) is 43.9 Å². The van der Waals surface area contributed by atoms with E-state index < -0.39 is 0 Å². The average molecular weight is 325 g/mol.